The molecule has 0 radical (unpaired) electrons. The predicted octanol–water partition coefficient (Wildman–Crippen LogP) is 1.56. The molecule has 0 aliphatic carbocycles. The molecule has 1 saturated heterocycles. The van der Waals surface area contributed by atoms with Gasteiger partial charge in [-0.1, -0.05) is 11.6 Å². The van der Waals surface area contributed by atoms with E-state index in [1.54, 1.807) is 29.2 Å². The lowest BCUT2D eigenvalue weighted by atomic mass is 10.2. The molecule has 0 spiro atoms. The maximum atomic E-state index is 12.8. The topological polar surface area (TPSA) is 116 Å². The number of nitrogens with zero attached hydrogens (tertiary/aromatic N) is 2. The molecule has 170 valence electrons. The van der Waals surface area contributed by atoms with Crippen LogP contribution >= 0.6 is 11.6 Å². The summed E-state index contributed by atoms with van der Waals surface area (Å²) >= 11 is 5.80. The van der Waals surface area contributed by atoms with Gasteiger partial charge in [0.25, 0.3) is 5.91 Å². The van der Waals surface area contributed by atoms with Crippen molar-refractivity contribution >= 4 is 45.0 Å². The Bertz CT molecular complexity index is 1100. The Morgan fingerprint density at radius 2 is 1.53 bits per heavy atom. The van der Waals surface area contributed by atoms with E-state index >= 15 is 0 Å². The summed E-state index contributed by atoms with van der Waals surface area (Å²) in [4.78, 5) is 37.4. The van der Waals surface area contributed by atoms with Gasteiger partial charge >= 0.3 is 0 Å². The summed E-state index contributed by atoms with van der Waals surface area (Å²) in [5.41, 5.74) is 0.775. The number of benzene rings is 2. The van der Waals surface area contributed by atoms with Gasteiger partial charge in [0.1, 0.15) is 0 Å². The molecule has 2 N–H and O–H groups in total. The summed E-state index contributed by atoms with van der Waals surface area (Å²) in [6, 6.07) is 12.0. The van der Waals surface area contributed by atoms with Gasteiger partial charge < -0.3 is 15.5 Å². The highest BCUT2D eigenvalue weighted by Crippen LogP contribution is 2.18. The lowest BCUT2D eigenvalue weighted by molar-refractivity contribution is -0.130. The third kappa shape index (κ3) is 5.84. The van der Waals surface area contributed by atoms with Crippen molar-refractivity contribution in [1.29, 1.82) is 0 Å². The van der Waals surface area contributed by atoms with Crippen molar-refractivity contribution in [1.82, 2.24) is 14.5 Å². The first-order valence-corrected chi connectivity index (χ1v) is 11.7. The molecule has 3 rings (SSSR count). The van der Waals surface area contributed by atoms with E-state index in [0.717, 1.165) is 0 Å². The van der Waals surface area contributed by atoms with Gasteiger partial charge in [-0.15, -0.1) is 0 Å². The van der Waals surface area contributed by atoms with E-state index < -0.39 is 21.8 Å². The maximum Gasteiger partial charge on any atom is 0.251 e. The fraction of sp³-hybridized carbons (Fsp3) is 0.286. The minimum absolute atomic E-state index is 0.0609. The molecule has 1 aliphatic heterocycles. The van der Waals surface area contributed by atoms with Gasteiger partial charge in [-0.2, -0.15) is 4.31 Å². The van der Waals surface area contributed by atoms with Crippen molar-refractivity contribution in [2.45, 2.75) is 11.8 Å². The molecule has 3 amide bonds. The van der Waals surface area contributed by atoms with Gasteiger partial charge in [0.2, 0.25) is 21.8 Å². The third-order valence-electron chi connectivity index (χ3n) is 4.98. The molecule has 1 fully saturated rings. The standard InChI is InChI=1S/C21H23ClN4O5S/c1-15(27)25-10-12-26(13-11-25)32(30,31)19-8-2-16(3-9-19)21(29)23-14-20(28)24-18-6-4-17(22)5-7-18/h2-9H,10-14H2,1H3,(H,23,29)(H,24,28). The van der Waals surface area contributed by atoms with E-state index in [2.05, 4.69) is 10.6 Å². The van der Waals surface area contributed by atoms with Crippen molar-refractivity contribution in [3.8, 4) is 0 Å². The second kappa shape index (κ2) is 10.1. The molecular formula is C21H23ClN4O5S. The molecule has 32 heavy (non-hydrogen) atoms. The fourth-order valence-corrected chi connectivity index (χ4v) is 4.72. The SMILES string of the molecule is CC(=O)N1CCN(S(=O)(=O)c2ccc(C(=O)NCC(=O)Nc3ccc(Cl)cc3)cc2)CC1. The highest BCUT2D eigenvalue weighted by molar-refractivity contribution is 7.89. The number of hydrogen-bond donors (Lipinski definition) is 2. The van der Waals surface area contributed by atoms with Crippen molar-refractivity contribution < 1.29 is 22.8 Å². The van der Waals surface area contributed by atoms with E-state index in [4.69, 9.17) is 11.6 Å². The van der Waals surface area contributed by atoms with Gasteiger partial charge in [0.05, 0.1) is 11.4 Å². The molecule has 9 nitrogen and oxygen atoms in total. The Hall–Kier alpha value is -2.95. The summed E-state index contributed by atoms with van der Waals surface area (Å²) < 4.78 is 27.0. The second-order valence-corrected chi connectivity index (χ2v) is 9.55. The molecule has 0 unspecified atom stereocenters. The zero-order chi connectivity index (χ0) is 23.3. The molecule has 1 aliphatic rings. The Balaban J connectivity index is 1.55. The molecule has 11 heteroatoms. The number of amides is 3. The largest absolute Gasteiger partial charge is 0.343 e. The Kier molecular flexibility index (Phi) is 7.49. The summed E-state index contributed by atoms with van der Waals surface area (Å²) in [6.45, 7) is 2.32. The number of hydrogen-bond acceptors (Lipinski definition) is 5. The van der Waals surface area contributed by atoms with Crippen LogP contribution in [-0.4, -0.2) is 68.1 Å². The van der Waals surface area contributed by atoms with Crippen LogP contribution in [0.25, 0.3) is 0 Å². The molecule has 1 heterocycles. The number of nitrogens with one attached hydrogen (secondary N) is 2. The van der Waals surface area contributed by atoms with Crippen LogP contribution in [-0.2, 0) is 19.6 Å². The van der Waals surface area contributed by atoms with E-state index in [-0.39, 0.29) is 36.0 Å². The number of carbonyl (C=O) groups excluding carboxylic acids is 3. The zero-order valence-electron chi connectivity index (χ0n) is 17.4. The Morgan fingerprint density at radius 3 is 2.09 bits per heavy atom. The molecule has 0 saturated carbocycles. The molecule has 2 aromatic carbocycles. The van der Waals surface area contributed by atoms with Crippen LogP contribution in [0.15, 0.2) is 53.4 Å². The first-order chi connectivity index (χ1) is 15.2. The average molecular weight is 479 g/mol. The molecule has 0 bridgehead atoms. The summed E-state index contributed by atoms with van der Waals surface area (Å²) in [6.07, 6.45) is 0. The second-order valence-electron chi connectivity index (χ2n) is 7.17. The van der Waals surface area contributed by atoms with Crippen LogP contribution in [0.3, 0.4) is 0 Å². The number of anilines is 1. The first-order valence-electron chi connectivity index (χ1n) is 9.86. The van der Waals surface area contributed by atoms with Crippen molar-refractivity contribution in [2.24, 2.45) is 0 Å². The van der Waals surface area contributed by atoms with E-state index in [9.17, 15) is 22.8 Å². The minimum Gasteiger partial charge on any atom is -0.343 e. The van der Waals surface area contributed by atoms with Crippen molar-refractivity contribution in [3.05, 3.63) is 59.1 Å². The Morgan fingerprint density at radius 1 is 0.938 bits per heavy atom. The number of sulfonamides is 1. The lowest BCUT2D eigenvalue weighted by Gasteiger charge is -2.33. The first kappa shape index (κ1) is 23.7. The summed E-state index contributed by atoms with van der Waals surface area (Å²) in [5, 5.41) is 5.66. The predicted molar refractivity (Wildman–Crippen MR) is 120 cm³/mol. The minimum atomic E-state index is -3.73. The molecular weight excluding hydrogens is 456 g/mol. The van der Waals surface area contributed by atoms with Crippen LogP contribution in [0.1, 0.15) is 17.3 Å². The van der Waals surface area contributed by atoms with Gasteiger partial charge in [0.15, 0.2) is 0 Å². The third-order valence-corrected chi connectivity index (χ3v) is 7.14. The molecule has 0 atom stereocenters. The van der Waals surface area contributed by atoms with Gasteiger partial charge in [-0.25, -0.2) is 8.42 Å². The van der Waals surface area contributed by atoms with E-state index in [1.165, 1.54) is 35.5 Å². The molecule has 0 aromatic heterocycles. The number of carbonyl (C=O) groups is 3. The van der Waals surface area contributed by atoms with Crippen LogP contribution in [0.4, 0.5) is 5.69 Å². The highest BCUT2D eigenvalue weighted by atomic mass is 35.5. The molecule has 2 aromatic rings. The fourth-order valence-electron chi connectivity index (χ4n) is 3.17. The maximum absolute atomic E-state index is 12.8. The summed E-state index contributed by atoms with van der Waals surface area (Å²) in [5.74, 6) is -1.00. The lowest BCUT2D eigenvalue weighted by Crippen LogP contribution is -2.49. The highest BCUT2D eigenvalue weighted by Gasteiger charge is 2.29. The van der Waals surface area contributed by atoms with Crippen LogP contribution in [0, 0.1) is 0 Å². The number of rotatable bonds is 6. The number of halogens is 1. The zero-order valence-corrected chi connectivity index (χ0v) is 18.9. The quantitative estimate of drug-likeness (QED) is 0.653. The smallest absolute Gasteiger partial charge is 0.251 e. The Labute approximate surface area is 191 Å². The van der Waals surface area contributed by atoms with Crippen molar-refractivity contribution in [2.75, 3.05) is 38.0 Å². The van der Waals surface area contributed by atoms with Crippen LogP contribution in [0.2, 0.25) is 5.02 Å². The van der Waals surface area contributed by atoms with Gasteiger partial charge in [-0.3, -0.25) is 14.4 Å². The average Bonchev–Trinajstić information content (AvgIpc) is 2.79. The van der Waals surface area contributed by atoms with Gasteiger partial charge in [0, 0.05) is 49.4 Å². The van der Waals surface area contributed by atoms with Gasteiger partial charge in [-0.05, 0) is 48.5 Å². The van der Waals surface area contributed by atoms with Crippen molar-refractivity contribution in [3.63, 3.8) is 0 Å². The number of piperazine rings is 1. The van der Waals surface area contributed by atoms with Crippen LogP contribution < -0.4 is 10.6 Å². The normalized spacial score (nSPS) is 14.6. The van der Waals surface area contributed by atoms with E-state index in [0.29, 0.717) is 23.8 Å². The monoisotopic (exact) mass is 478 g/mol. The summed E-state index contributed by atoms with van der Waals surface area (Å²) in [7, 11) is -3.73. The van der Waals surface area contributed by atoms with E-state index in [1.807, 2.05) is 0 Å². The van der Waals surface area contributed by atoms with Crippen LogP contribution in [0.5, 0.6) is 0 Å².